The summed E-state index contributed by atoms with van der Waals surface area (Å²) in [5.41, 5.74) is 0.482. The minimum Gasteiger partial charge on any atom is -0.393 e. The van der Waals surface area contributed by atoms with E-state index >= 15 is 0 Å². The number of nitrogens with zero attached hydrogens (tertiary/aromatic N) is 2. The highest BCUT2D eigenvalue weighted by molar-refractivity contribution is 5.93. The Morgan fingerprint density at radius 3 is 2.54 bits per heavy atom. The van der Waals surface area contributed by atoms with Crippen LogP contribution >= 0.6 is 0 Å². The van der Waals surface area contributed by atoms with E-state index in [2.05, 4.69) is 25.9 Å². The molecule has 1 aromatic rings. The summed E-state index contributed by atoms with van der Waals surface area (Å²) >= 11 is 0. The van der Waals surface area contributed by atoms with Gasteiger partial charge >= 0.3 is 0 Å². The predicted octanol–water partition coefficient (Wildman–Crippen LogP) is 0.777. The summed E-state index contributed by atoms with van der Waals surface area (Å²) in [5.74, 6) is 1.25. The summed E-state index contributed by atoms with van der Waals surface area (Å²) < 4.78 is 0. The van der Waals surface area contributed by atoms with Gasteiger partial charge in [-0.05, 0) is 57.5 Å². The van der Waals surface area contributed by atoms with Crippen LogP contribution in [-0.2, 0) is 0 Å². The van der Waals surface area contributed by atoms with Crippen LogP contribution in [0, 0.1) is 11.8 Å². The van der Waals surface area contributed by atoms with Crippen molar-refractivity contribution in [1.82, 2.24) is 20.6 Å². The average Bonchev–Trinajstić information content (AvgIpc) is 2.59. The number of aliphatic hydroxyl groups is 1. The van der Waals surface area contributed by atoms with Crippen LogP contribution in [0.1, 0.15) is 43.0 Å². The first-order valence-electron chi connectivity index (χ1n) is 8.93. The van der Waals surface area contributed by atoms with Crippen molar-refractivity contribution in [2.75, 3.05) is 25.0 Å². The monoisotopic (exact) mass is 333 g/mol. The van der Waals surface area contributed by atoms with Crippen molar-refractivity contribution in [2.24, 2.45) is 11.8 Å². The molecule has 2 aliphatic rings. The normalized spacial score (nSPS) is 25.6. The Labute approximate surface area is 142 Å². The molecular weight excluding hydrogens is 306 g/mol. The zero-order chi connectivity index (χ0) is 16.9. The molecule has 132 valence electrons. The Morgan fingerprint density at radius 1 is 1.29 bits per heavy atom. The first-order chi connectivity index (χ1) is 11.7. The number of rotatable bonds is 6. The second-order valence-electron chi connectivity index (χ2n) is 6.80. The minimum atomic E-state index is -0.209. The molecule has 3 rings (SSSR count). The van der Waals surface area contributed by atoms with Crippen LogP contribution in [0.15, 0.2) is 12.4 Å². The van der Waals surface area contributed by atoms with E-state index < -0.39 is 0 Å². The number of piperidine rings is 1. The topological polar surface area (TPSA) is 99.2 Å². The van der Waals surface area contributed by atoms with E-state index in [-0.39, 0.29) is 18.1 Å². The molecule has 0 radical (unpaired) electrons. The summed E-state index contributed by atoms with van der Waals surface area (Å²) in [6.07, 6.45) is 6.61. The third-order valence-electron chi connectivity index (χ3n) is 5.10. The van der Waals surface area contributed by atoms with Crippen LogP contribution < -0.4 is 16.0 Å². The highest BCUT2D eigenvalue weighted by Gasteiger charge is 2.39. The summed E-state index contributed by atoms with van der Waals surface area (Å²) in [6.45, 7) is 4.70. The first kappa shape index (κ1) is 17.1. The molecule has 0 spiro atoms. The van der Waals surface area contributed by atoms with Crippen molar-refractivity contribution in [2.45, 2.75) is 44.8 Å². The number of anilines is 1. The highest BCUT2D eigenvalue weighted by atomic mass is 16.3. The van der Waals surface area contributed by atoms with Crippen LogP contribution in [0.25, 0.3) is 0 Å². The minimum absolute atomic E-state index is 0.122. The molecule has 1 saturated heterocycles. The fraction of sp³-hybridized carbons (Fsp3) is 0.706. The second-order valence-corrected chi connectivity index (χ2v) is 6.80. The summed E-state index contributed by atoms with van der Waals surface area (Å²) in [7, 11) is 0. The molecule has 1 saturated carbocycles. The van der Waals surface area contributed by atoms with Gasteiger partial charge in [-0.1, -0.05) is 0 Å². The van der Waals surface area contributed by atoms with Gasteiger partial charge in [-0.25, -0.2) is 9.97 Å². The zero-order valence-corrected chi connectivity index (χ0v) is 14.2. The van der Waals surface area contributed by atoms with E-state index in [1.54, 1.807) is 12.4 Å². The number of amides is 1. The molecule has 2 fully saturated rings. The molecule has 1 aliphatic carbocycles. The van der Waals surface area contributed by atoms with Crippen molar-refractivity contribution in [3.8, 4) is 0 Å². The number of aromatic nitrogens is 2. The maximum Gasteiger partial charge on any atom is 0.254 e. The van der Waals surface area contributed by atoms with Crippen LogP contribution in [0.3, 0.4) is 0 Å². The Hall–Kier alpha value is -1.73. The van der Waals surface area contributed by atoms with Gasteiger partial charge < -0.3 is 21.1 Å². The van der Waals surface area contributed by atoms with Crippen molar-refractivity contribution < 1.29 is 9.90 Å². The van der Waals surface area contributed by atoms with Crippen LogP contribution in [-0.4, -0.2) is 52.8 Å². The number of carbonyl (C=O) groups excluding carboxylic acids is 1. The third kappa shape index (κ3) is 4.02. The molecule has 4 N–H and O–H groups in total. The van der Waals surface area contributed by atoms with Gasteiger partial charge in [-0.15, -0.1) is 0 Å². The lowest BCUT2D eigenvalue weighted by Gasteiger charge is -2.43. The van der Waals surface area contributed by atoms with E-state index in [0.29, 0.717) is 23.3 Å². The summed E-state index contributed by atoms with van der Waals surface area (Å²) in [5, 5.41) is 19.2. The Balaban J connectivity index is 1.65. The van der Waals surface area contributed by atoms with Crippen molar-refractivity contribution in [3.63, 3.8) is 0 Å². The molecule has 0 bridgehead atoms. The number of aliphatic hydroxyl groups excluding tert-OH is 1. The van der Waals surface area contributed by atoms with Crippen molar-refractivity contribution in [1.29, 1.82) is 0 Å². The molecule has 2 heterocycles. The summed E-state index contributed by atoms with van der Waals surface area (Å²) in [6, 6.07) is 0.122. The molecule has 0 aromatic carbocycles. The number of hydrogen-bond donors (Lipinski definition) is 4. The van der Waals surface area contributed by atoms with Crippen molar-refractivity contribution in [3.05, 3.63) is 18.0 Å². The van der Waals surface area contributed by atoms with Crippen LogP contribution in [0.5, 0.6) is 0 Å². The standard InChI is InChI=1S/C17H27N5O2/c1-2-19-17-20-9-13(10-21-17)16(24)22-15(12-7-14(23)8-12)11-3-5-18-6-4-11/h9-12,14-15,18,23H,2-8H2,1H3,(H,22,24)(H,19,20,21). The number of carbonyl (C=O) groups is 1. The Morgan fingerprint density at radius 2 is 1.96 bits per heavy atom. The molecular formula is C17H27N5O2. The van der Waals surface area contributed by atoms with Gasteiger partial charge in [-0.2, -0.15) is 0 Å². The van der Waals surface area contributed by atoms with Gasteiger partial charge in [-0.3, -0.25) is 4.79 Å². The number of hydrogen-bond acceptors (Lipinski definition) is 6. The lowest BCUT2D eigenvalue weighted by molar-refractivity contribution is 0.00918. The maximum absolute atomic E-state index is 12.6. The van der Waals surface area contributed by atoms with Crippen LogP contribution in [0.2, 0.25) is 0 Å². The molecule has 1 amide bonds. The fourth-order valence-electron chi connectivity index (χ4n) is 3.68. The van der Waals surface area contributed by atoms with E-state index in [4.69, 9.17) is 0 Å². The number of nitrogens with one attached hydrogen (secondary N) is 3. The van der Waals surface area contributed by atoms with E-state index in [0.717, 1.165) is 45.3 Å². The van der Waals surface area contributed by atoms with E-state index in [1.165, 1.54) is 0 Å². The quantitative estimate of drug-likeness (QED) is 0.614. The van der Waals surface area contributed by atoms with Gasteiger partial charge in [0.25, 0.3) is 5.91 Å². The SMILES string of the molecule is CCNc1ncc(C(=O)NC(C2CCNCC2)C2CC(O)C2)cn1. The summed E-state index contributed by atoms with van der Waals surface area (Å²) in [4.78, 5) is 20.9. The lowest BCUT2D eigenvalue weighted by Crippen LogP contribution is -2.52. The smallest absolute Gasteiger partial charge is 0.254 e. The molecule has 1 aliphatic heterocycles. The second kappa shape index (κ2) is 7.90. The largest absolute Gasteiger partial charge is 0.393 e. The first-order valence-corrected chi connectivity index (χ1v) is 8.93. The molecule has 7 nitrogen and oxygen atoms in total. The maximum atomic E-state index is 12.6. The van der Waals surface area contributed by atoms with Gasteiger partial charge in [0, 0.05) is 25.0 Å². The molecule has 1 aromatic heterocycles. The molecule has 7 heteroatoms. The van der Waals surface area contributed by atoms with Crippen LogP contribution in [0.4, 0.5) is 5.95 Å². The van der Waals surface area contributed by atoms with Gasteiger partial charge in [0.05, 0.1) is 11.7 Å². The Bertz CT molecular complexity index is 538. The van der Waals surface area contributed by atoms with Gasteiger partial charge in [0.1, 0.15) is 0 Å². The third-order valence-corrected chi connectivity index (χ3v) is 5.10. The van der Waals surface area contributed by atoms with Gasteiger partial charge in [0.2, 0.25) is 5.95 Å². The van der Waals surface area contributed by atoms with E-state index in [1.807, 2.05) is 6.92 Å². The molecule has 1 atom stereocenters. The molecule has 24 heavy (non-hydrogen) atoms. The zero-order valence-electron chi connectivity index (χ0n) is 14.2. The lowest BCUT2D eigenvalue weighted by atomic mass is 9.71. The Kier molecular flexibility index (Phi) is 5.63. The highest BCUT2D eigenvalue weighted by Crippen LogP contribution is 2.35. The van der Waals surface area contributed by atoms with Crippen molar-refractivity contribution >= 4 is 11.9 Å². The predicted molar refractivity (Wildman–Crippen MR) is 91.8 cm³/mol. The molecule has 1 unspecified atom stereocenters. The fourth-order valence-corrected chi connectivity index (χ4v) is 3.68. The van der Waals surface area contributed by atoms with Gasteiger partial charge in [0.15, 0.2) is 0 Å². The average molecular weight is 333 g/mol. The van der Waals surface area contributed by atoms with E-state index in [9.17, 15) is 9.90 Å².